The molecule has 5 nitrogen and oxygen atoms in total. The Bertz CT molecular complexity index is 480. The standard InChI is InChI=1S/C10H9ClF3NO4/c11-9-5(8(19)6(16)2-7(17)18)1-4(3-15-9)10(12,13)14/h1,3,6,8,16,19H,2H2,(H,17,18). The molecule has 0 radical (unpaired) electrons. The summed E-state index contributed by atoms with van der Waals surface area (Å²) in [6.45, 7) is 0. The van der Waals surface area contributed by atoms with Crippen molar-refractivity contribution in [3.05, 3.63) is 28.5 Å². The van der Waals surface area contributed by atoms with Crippen LogP contribution < -0.4 is 0 Å². The number of aliphatic hydroxyl groups is 2. The molecule has 1 aromatic rings. The molecule has 0 bridgehead atoms. The highest BCUT2D eigenvalue weighted by Gasteiger charge is 2.33. The van der Waals surface area contributed by atoms with Gasteiger partial charge in [-0.3, -0.25) is 4.79 Å². The number of rotatable bonds is 4. The Labute approximate surface area is 110 Å². The van der Waals surface area contributed by atoms with Crippen LogP contribution in [0.1, 0.15) is 23.7 Å². The van der Waals surface area contributed by atoms with Crippen LogP contribution in [0.2, 0.25) is 5.15 Å². The molecule has 2 unspecified atom stereocenters. The quantitative estimate of drug-likeness (QED) is 0.735. The summed E-state index contributed by atoms with van der Waals surface area (Å²) in [6, 6.07) is 0.519. The van der Waals surface area contributed by atoms with Gasteiger partial charge in [0.1, 0.15) is 11.3 Å². The van der Waals surface area contributed by atoms with Gasteiger partial charge in [-0.2, -0.15) is 13.2 Å². The molecule has 2 atom stereocenters. The molecule has 0 aromatic carbocycles. The smallest absolute Gasteiger partial charge is 0.417 e. The highest BCUT2D eigenvalue weighted by Crippen LogP contribution is 2.33. The first kappa shape index (κ1) is 15.7. The minimum absolute atomic E-state index is 0.440. The summed E-state index contributed by atoms with van der Waals surface area (Å²) in [5.41, 5.74) is -1.64. The van der Waals surface area contributed by atoms with Crippen LogP contribution in [0.3, 0.4) is 0 Å². The summed E-state index contributed by atoms with van der Waals surface area (Å²) in [6.07, 6.45) is -8.72. The molecular weight excluding hydrogens is 291 g/mol. The number of carbonyl (C=O) groups is 1. The number of carboxylic acids is 1. The van der Waals surface area contributed by atoms with Crippen LogP contribution in [0.15, 0.2) is 12.3 Å². The molecule has 1 rings (SSSR count). The van der Waals surface area contributed by atoms with E-state index in [4.69, 9.17) is 16.7 Å². The fourth-order valence-corrected chi connectivity index (χ4v) is 1.54. The molecule has 0 spiro atoms. The fourth-order valence-electron chi connectivity index (χ4n) is 1.33. The lowest BCUT2D eigenvalue weighted by Gasteiger charge is -2.18. The zero-order valence-corrected chi connectivity index (χ0v) is 9.98. The molecule has 0 aliphatic heterocycles. The van der Waals surface area contributed by atoms with E-state index in [9.17, 15) is 28.2 Å². The van der Waals surface area contributed by atoms with Crippen LogP contribution in [0.25, 0.3) is 0 Å². The Morgan fingerprint density at radius 2 is 2.00 bits per heavy atom. The summed E-state index contributed by atoms with van der Waals surface area (Å²) in [5.74, 6) is -1.41. The van der Waals surface area contributed by atoms with Gasteiger partial charge in [0.05, 0.1) is 18.1 Å². The van der Waals surface area contributed by atoms with Gasteiger partial charge in [0, 0.05) is 11.8 Å². The van der Waals surface area contributed by atoms with Crippen molar-refractivity contribution in [3.8, 4) is 0 Å². The molecule has 19 heavy (non-hydrogen) atoms. The van der Waals surface area contributed by atoms with Gasteiger partial charge in [-0.1, -0.05) is 11.6 Å². The lowest BCUT2D eigenvalue weighted by Crippen LogP contribution is -2.22. The van der Waals surface area contributed by atoms with Crippen molar-refractivity contribution in [1.82, 2.24) is 4.98 Å². The van der Waals surface area contributed by atoms with E-state index < -0.39 is 47.1 Å². The summed E-state index contributed by atoms with van der Waals surface area (Å²) >= 11 is 5.52. The average Bonchev–Trinajstić information content (AvgIpc) is 2.26. The van der Waals surface area contributed by atoms with Crippen LogP contribution in [0.4, 0.5) is 13.2 Å². The minimum Gasteiger partial charge on any atom is -0.481 e. The number of nitrogens with zero attached hydrogens (tertiary/aromatic N) is 1. The zero-order chi connectivity index (χ0) is 14.8. The summed E-state index contributed by atoms with van der Waals surface area (Å²) in [5, 5.41) is 27.0. The normalized spacial score (nSPS) is 15.1. The summed E-state index contributed by atoms with van der Waals surface area (Å²) in [7, 11) is 0. The van der Waals surface area contributed by atoms with Crippen LogP contribution in [-0.4, -0.2) is 32.4 Å². The monoisotopic (exact) mass is 299 g/mol. The van der Waals surface area contributed by atoms with E-state index in [-0.39, 0.29) is 0 Å². The maximum atomic E-state index is 12.5. The zero-order valence-electron chi connectivity index (χ0n) is 9.23. The lowest BCUT2D eigenvalue weighted by atomic mass is 10.0. The largest absolute Gasteiger partial charge is 0.481 e. The number of hydrogen-bond donors (Lipinski definition) is 3. The van der Waals surface area contributed by atoms with Crippen molar-refractivity contribution in [2.24, 2.45) is 0 Å². The number of halogens is 4. The highest BCUT2D eigenvalue weighted by molar-refractivity contribution is 6.30. The van der Waals surface area contributed by atoms with Crippen molar-refractivity contribution in [1.29, 1.82) is 0 Å². The molecule has 0 amide bonds. The van der Waals surface area contributed by atoms with Crippen molar-refractivity contribution in [2.75, 3.05) is 0 Å². The summed E-state index contributed by atoms with van der Waals surface area (Å²) in [4.78, 5) is 13.6. The molecule has 106 valence electrons. The SMILES string of the molecule is O=C(O)CC(O)C(O)c1cc(C(F)(F)F)cnc1Cl. The topological polar surface area (TPSA) is 90.7 Å². The van der Waals surface area contributed by atoms with Gasteiger partial charge >= 0.3 is 12.1 Å². The maximum Gasteiger partial charge on any atom is 0.417 e. The number of pyridine rings is 1. The Balaban J connectivity index is 3.08. The first-order valence-electron chi connectivity index (χ1n) is 4.93. The molecular formula is C10H9ClF3NO4. The van der Waals surface area contributed by atoms with Gasteiger partial charge in [-0.25, -0.2) is 4.98 Å². The molecule has 0 saturated heterocycles. The van der Waals surface area contributed by atoms with E-state index in [1.54, 1.807) is 0 Å². The first-order valence-corrected chi connectivity index (χ1v) is 5.31. The molecule has 1 aromatic heterocycles. The van der Waals surface area contributed by atoms with Crippen molar-refractivity contribution < 1.29 is 33.3 Å². The summed E-state index contributed by atoms with van der Waals surface area (Å²) < 4.78 is 37.4. The van der Waals surface area contributed by atoms with Crippen molar-refractivity contribution in [2.45, 2.75) is 24.8 Å². The third-order valence-electron chi connectivity index (χ3n) is 2.26. The van der Waals surface area contributed by atoms with E-state index >= 15 is 0 Å². The minimum atomic E-state index is -4.69. The molecule has 0 aliphatic rings. The van der Waals surface area contributed by atoms with E-state index in [0.29, 0.717) is 12.3 Å². The van der Waals surface area contributed by atoms with Crippen molar-refractivity contribution in [3.63, 3.8) is 0 Å². The Kier molecular flexibility index (Phi) is 4.72. The second-order valence-corrected chi connectivity index (χ2v) is 4.07. The van der Waals surface area contributed by atoms with Crippen LogP contribution >= 0.6 is 11.6 Å². The Morgan fingerprint density at radius 1 is 1.42 bits per heavy atom. The average molecular weight is 300 g/mol. The van der Waals surface area contributed by atoms with Crippen molar-refractivity contribution >= 4 is 17.6 Å². The second-order valence-electron chi connectivity index (χ2n) is 3.71. The van der Waals surface area contributed by atoms with Gasteiger partial charge in [0.25, 0.3) is 0 Å². The number of aromatic nitrogens is 1. The lowest BCUT2D eigenvalue weighted by molar-refractivity contribution is -0.141. The number of aliphatic carboxylic acids is 1. The number of aliphatic hydroxyl groups excluding tert-OH is 2. The highest BCUT2D eigenvalue weighted by atomic mass is 35.5. The third kappa shape index (κ3) is 4.05. The van der Waals surface area contributed by atoms with E-state index in [1.165, 1.54) is 0 Å². The second kappa shape index (κ2) is 5.72. The van der Waals surface area contributed by atoms with Gasteiger partial charge in [0.2, 0.25) is 0 Å². The Morgan fingerprint density at radius 3 is 2.47 bits per heavy atom. The van der Waals surface area contributed by atoms with Gasteiger partial charge in [-0.15, -0.1) is 0 Å². The number of carboxylic acid groups (broad SMARTS) is 1. The van der Waals surface area contributed by atoms with Gasteiger partial charge in [-0.05, 0) is 6.07 Å². The number of hydrogen-bond acceptors (Lipinski definition) is 4. The molecule has 0 fully saturated rings. The fraction of sp³-hybridized carbons (Fsp3) is 0.400. The Hall–Kier alpha value is -1.38. The van der Waals surface area contributed by atoms with Gasteiger partial charge < -0.3 is 15.3 Å². The molecule has 1 heterocycles. The van der Waals surface area contributed by atoms with Crippen LogP contribution in [0, 0.1) is 0 Å². The molecule has 0 saturated carbocycles. The predicted octanol–water partition coefficient (Wildman–Crippen LogP) is 1.62. The van der Waals surface area contributed by atoms with Crippen LogP contribution in [-0.2, 0) is 11.0 Å². The van der Waals surface area contributed by atoms with E-state index in [0.717, 1.165) is 0 Å². The van der Waals surface area contributed by atoms with E-state index in [2.05, 4.69) is 4.98 Å². The van der Waals surface area contributed by atoms with E-state index in [1.807, 2.05) is 0 Å². The number of alkyl halides is 3. The molecule has 0 aliphatic carbocycles. The maximum absolute atomic E-state index is 12.5. The molecule has 3 N–H and O–H groups in total. The van der Waals surface area contributed by atoms with Crippen LogP contribution in [0.5, 0.6) is 0 Å². The van der Waals surface area contributed by atoms with Gasteiger partial charge in [0.15, 0.2) is 0 Å². The molecule has 9 heteroatoms. The predicted molar refractivity (Wildman–Crippen MR) is 57.5 cm³/mol. The first-order chi connectivity index (χ1) is 8.62. The third-order valence-corrected chi connectivity index (χ3v) is 2.58.